The fraction of sp³-hybridized carbons (Fsp3) is 0.412. The fourth-order valence-electron chi connectivity index (χ4n) is 2.56. The van der Waals surface area contributed by atoms with Crippen LogP contribution in [0.3, 0.4) is 0 Å². The Hall–Kier alpha value is -2.59. The zero-order valence-electron chi connectivity index (χ0n) is 14.1. The first-order valence-corrected chi connectivity index (χ1v) is 8.29. The number of oxime groups is 1. The van der Waals surface area contributed by atoms with Crippen LogP contribution in [-0.4, -0.2) is 21.2 Å². The molecule has 0 saturated heterocycles. The van der Waals surface area contributed by atoms with Gasteiger partial charge in [-0.15, -0.1) is 0 Å². The van der Waals surface area contributed by atoms with Gasteiger partial charge in [0.1, 0.15) is 5.84 Å². The molecule has 1 aromatic carbocycles. The highest BCUT2D eigenvalue weighted by Crippen LogP contribution is 2.29. The lowest BCUT2D eigenvalue weighted by molar-refractivity contribution is 0.312. The second-order valence-corrected chi connectivity index (χ2v) is 6.47. The zero-order valence-corrected chi connectivity index (χ0v) is 14.8. The second-order valence-electron chi connectivity index (χ2n) is 6.06. The molecule has 0 bridgehead atoms. The summed E-state index contributed by atoms with van der Waals surface area (Å²) in [5.74, 6) is 0.452. The summed E-state index contributed by atoms with van der Waals surface area (Å²) >= 11 is 6.14. The molecule has 0 spiro atoms. The molecule has 0 amide bonds. The van der Waals surface area contributed by atoms with E-state index in [0.717, 1.165) is 0 Å². The highest BCUT2D eigenvalue weighted by Gasteiger charge is 2.22. The van der Waals surface area contributed by atoms with E-state index < -0.39 is 0 Å². The van der Waals surface area contributed by atoms with E-state index in [1.54, 1.807) is 12.1 Å². The Bertz CT molecular complexity index is 783. The van der Waals surface area contributed by atoms with Crippen molar-refractivity contribution in [1.29, 1.82) is 5.26 Å². The van der Waals surface area contributed by atoms with E-state index in [4.69, 9.17) is 27.1 Å². The summed E-state index contributed by atoms with van der Waals surface area (Å²) in [5.41, 5.74) is 6.26. The molecule has 3 unspecified atom stereocenters. The van der Waals surface area contributed by atoms with Gasteiger partial charge in [0.2, 0.25) is 0 Å². The van der Waals surface area contributed by atoms with E-state index in [0.29, 0.717) is 35.1 Å². The van der Waals surface area contributed by atoms with Crippen molar-refractivity contribution in [2.24, 2.45) is 22.7 Å². The van der Waals surface area contributed by atoms with Gasteiger partial charge in [0.05, 0.1) is 16.7 Å². The molecule has 0 aliphatic carbocycles. The fourth-order valence-corrected chi connectivity index (χ4v) is 2.78. The van der Waals surface area contributed by atoms with Gasteiger partial charge in [0, 0.05) is 17.8 Å². The minimum Gasteiger partial charge on any atom is -0.409 e. The average Bonchev–Trinajstić information content (AvgIpc) is 3.10. The van der Waals surface area contributed by atoms with Crippen molar-refractivity contribution < 1.29 is 9.73 Å². The number of nitriles is 1. The van der Waals surface area contributed by atoms with Gasteiger partial charge in [-0.25, -0.2) is 0 Å². The van der Waals surface area contributed by atoms with Gasteiger partial charge in [0.15, 0.2) is 5.82 Å². The minimum absolute atomic E-state index is 0.0795. The highest BCUT2D eigenvalue weighted by atomic mass is 35.5. The molecule has 2 rings (SSSR count). The predicted octanol–water partition coefficient (Wildman–Crippen LogP) is 3.80. The predicted molar refractivity (Wildman–Crippen MR) is 94.1 cm³/mol. The number of halogens is 1. The standard InChI is InChI=1S/C17H20ClN5O2/c1-10(15(20)22-24)7-12(9-19)8-11(2)16-21-17(25-23-16)13-5-3-4-6-14(13)18/h3-6,10-12,24H,7-8H2,1-2H3,(H2,20,22). The van der Waals surface area contributed by atoms with Crippen LogP contribution in [0.5, 0.6) is 0 Å². The van der Waals surface area contributed by atoms with Crippen LogP contribution in [0.15, 0.2) is 33.9 Å². The first kappa shape index (κ1) is 18.7. The van der Waals surface area contributed by atoms with E-state index in [2.05, 4.69) is 21.4 Å². The van der Waals surface area contributed by atoms with Gasteiger partial charge < -0.3 is 15.5 Å². The molecule has 1 heterocycles. The van der Waals surface area contributed by atoms with Crippen LogP contribution in [0, 0.1) is 23.2 Å². The van der Waals surface area contributed by atoms with Crippen molar-refractivity contribution in [1.82, 2.24) is 10.1 Å². The third-order valence-corrected chi connectivity index (χ3v) is 4.40. The molecular formula is C17H20ClN5O2. The topological polar surface area (TPSA) is 121 Å². The number of hydrogen-bond acceptors (Lipinski definition) is 6. The molecule has 7 nitrogen and oxygen atoms in total. The quantitative estimate of drug-likeness (QED) is 0.335. The van der Waals surface area contributed by atoms with Gasteiger partial charge in [-0.2, -0.15) is 10.2 Å². The van der Waals surface area contributed by atoms with Gasteiger partial charge in [0.25, 0.3) is 5.89 Å². The van der Waals surface area contributed by atoms with Crippen molar-refractivity contribution in [3.63, 3.8) is 0 Å². The summed E-state index contributed by atoms with van der Waals surface area (Å²) in [4.78, 5) is 4.40. The van der Waals surface area contributed by atoms with Crippen molar-refractivity contribution in [2.45, 2.75) is 32.6 Å². The van der Waals surface area contributed by atoms with Gasteiger partial charge in [-0.3, -0.25) is 0 Å². The number of aromatic nitrogens is 2. The van der Waals surface area contributed by atoms with E-state index in [1.807, 2.05) is 26.0 Å². The number of hydrogen-bond donors (Lipinski definition) is 2. The van der Waals surface area contributed by atoms with Gasteiger partial charge in [-0.1, -0.05) is 47.9 Å². The van der Waals surface area contributed by atoms with Gasteiger partial charge >= 0.3 is 0 Å². The summed E-state index contributed by atoms with van der Waals surface area (Å²) in [6.45, 7) is 3.74. The summed E-state index contributed by atoms with van der Waals surface area (Å²) in [6.07, 6.45) is 1.03. The smallest absolute Gasteiger partial charge is 0.259 e. The lowest BCUT2D eigenvalue weighted by Crippen LogP contribution is -2.23. The van der Waals surface area contributed by atoms with Crippen LogP contribution in [-0.2, 0) is 0 Å². The largest absolute Gasteiger partial charge is 0.409 e. The maximum absolute atomic E-state index is 9.37. The zero-order chi connectivity index (χ0) is 18.4. The van der Waals surface area contributed by atoms with E-state index >= 15 is 0 Å². The van der Waals surface area contributed by atoms with Crippen LogP contribution < -0.4 is 5.73 Å². The molecule has 0 aliphatic rings. The second kappa shape index (κ2) is 8.49. The van der Waals surface area contributed by atoms with E-state index in [9.17, 15) is 5.26 Å². The third-order valence-electron chi connectivity index (χ3n) is 4.07. The number of nitrogens with two attached hydrogens (primary N) is 1. The highest BCUT2D eigenvalue weighted by molar-refractivity contribution is 6.33. The van der Waals surface area contributed by atoms with Crippen molar-refractivity contribution in [3.8, 4) is 17.5 Å². The van der Waals surface area contributed by atoms with Crippen LogP contribution in [0.2, 0.25) is 5.02 Å². The van der Waals surface area contributed by atoms with Gasteiger partial charge in [-0.05, 0) is 25.0 Å². The molecule has 0 fully saturated rings. The summed E-state index contributed by atoms with van der Waals surface area (Å²) in [6, 6.07) is 9.49. The van der Waals surface area contributed by atoms with Crippen molar-refractivity contribution >= 4 is 17.4 Å². The first-order valence-electron chi connectivity index (χ1n) is 7.91. The number of benzene rings is 1. The SMILES string of the molecule is CC(CC(C#N)CC(C)c1noc(-c2ccccc2Cl)n1)/C(N)=N/O. The Morgan fingerprint density at radius 2 is 2.12 bits per heavy atom. The lowest BCUT2D eigenvalue weighted by atomic mass is 9.88. The van der Waals surface area contributed by atoms with Crippen molar-refractivity contribution in [2.75, 3.05) is 0 Å². The Morgan fingerprint density at radius 3 is 2.76 bits per heavy atom. The summed E-state index contributed by atoms with van der Waals surface area (Å²) < 4.78 is 5.30. The molecule has 0 radical (unpaired) electrons. The molecule has 3 atom stereocenters. The van der Waals surface area contributed by atoms with Crippen LogP contribution in [0.25, 0.3) is 11.5 Å². The summed E-state index contributed by atoms with van der Waals surface area (Å²) in [7, 11) is 0. The lowest BCUT2D eigenvalue weighted by Gasteiger charge is -2.16. The molecule has 3 N–H and O–H groups in total. The Morgan fingerprint density at radius 1 is 1.40 bits per heavy atom. The molecular weight excluding hydrogens is 342 g/mol. The maximum atomic E-state index is 9.37. The third kappa shape index (κ3) is 4.70. The molecule has 0 saturated carbocycles. The number of amidine groups is 1. The number of rotatable bonds is 7. The Balaban J connectivity index is 2.07. The van der Waals surface area contributed by atoms with Crippen LogP contribution in [0.4, 0.5) is 0 Å². The van der Waals surface area contributed by atoms with Crippen LogP contribution >= 0.6 is 11.6 Å². The maximum Gasteiger partial charge on any atom is 0.259 e. The van der Waals surface area contributed by atoms with E-state index in [-0.39, 0.29) is 23.6 Å². The molecule has 1 aromatic heterocycles. The monoisotopic (exact) mass is 361 g/mol. The molecule has 0 aliphatic heterocycles. The Kier molecular flexibility index (Phi) is 6.37. The van der Waals surface area contributed by atoms with E-state index in [1.165, 1.54) is 0 Å². The Labute approximate surface area is 151 Å². The summed E-state index contributed by atoms with van der Waals surface area (Å²) in [5, 5.41) is 25.6. The van der Waals surface area contributed by atoms with Crippen LogP contribution in [0.1, 0.15) is 38.4 Å². The normalized spacial score (nSPS) is 15.4. The minimum atomic E-state index is -0.271. The number of nitrogens with zero attached hydrogens (tertiary/aromatic N) is 4. The molecule has 8 heteroatoms. The molecule has 25 heavy (non-hydrogen) atoms. The van der Waals surface area contributed by atoms with Crippen molar-refractivity contribution in [3.05, 3.63) is 35.1 Å². The first-order chi connectivity index (χ1) is 12.0. The molecule has 2 aromatic rings. The average molecular weight is 362 g/mol. The molecule has 132 valence electrons.